The van der Waals surface area contributed by atoms with Gasteiger partial charge in [-0.2, -0.15) is 0 Å². The van der Waals surface area contributed by atoms with Crippen LogP contribution < -0.4 is 10.1 Å². The Kier molecular flexibility index (Phi) is 3.83. The van der Waals surface area contributed by atoms with Crippen molar-refractivity contribution in [2.24, 2.45) is 5.92 Å². The number of piperidine rings is 1. The molecule has 1 aromatic rings. The first-order chi connectivity index (χ1) is 9.33. The van der Waals surface area contributed by atoms with Gasteiger partial charge in [-0.05, 0) is 74.9 Å². The molecule has 3 heteroatoms. The van der Waals surface area contributed by atoms with Crippen LogP contribution in [0.1, 0.15) is 36.8 Å². The van der Waals surface area contributed by atoms with Crippen LogP contribution in [0.25, 0.3) is 0 Å². The second kappa shape index (κ2) is 5.74. The van der Waals surface area contributed by atoms with Crippen LogP contribution in [0, 0.1) is 5.92 Å². The molecule has 19 heavy (non-hydrogen) atoms. The van der Waals surface area contributed by atoms with Crippen LogP contribution >= 0.6 is 0 Å². The van der Waals surface area contributed by atoms with Crippen molar-refractivity contribution >= 4 is 5.97 Å². The first-order valence-corrected chi connectivity index (χ1v) is 7.37. The van der Waals surface area contributed by atoms with Crippen molar-refractivity contribution in [2.75, 3.05) is 13.1 Å². The molecule has 0 amide bonds. The van der Waals surface area contributed by atoms with Gasteiger partial charge in [0.15, 0.2) is 0 Å². The maximum absolute atomic E-state index is 12.1. The molecular formula is C16H21NO2. The van der Waals surface area contributed by atoms with Crippen LogP contribution in [0.4, 0.5) is 0 Å². The zero-order valence-corrected chi connectivity index (χ0v) is 11.3. The van der Waals surface area contributed by atoms with Gasteiger partial charge in [0.05, 0.1) is 5.92 Å². The number of rotatable bonds is 2. The minimum atomic E-state index is -0.0581. The summed E-state index contributed by atoms with van der Waals surface area (Å²) < 4.78 is 5.55. The van der Waals surface area contributed by atoms with E-state index in [1.165, 1.54) is 24.0 Å². The molecule has 1 aromatic carbocycles. The van der Waals surface area contributed by atoms with E-state index in [-0.39, 0.29) is 11.9 Å². The maximum atomic E-state index is 12.1. The first kappa shape index (κ1) is 12.7. The smallest absolute Gasteiger partial charge is 0.314 e. The number of carbonyl (C=O) groups is 1. The Morgan fingerprint density at radius 1 is 1.11 bits per heavy atom. The van der Waals surface area contributed by atoms with Gasteiger partial charge in [-0.3, -0.25) is 4.79 Å². The molecule has 1 heterocycles. The average molecular weight is 259 g/mol. The van der Waals surface area contributed by atoms with E-state index in [9.17, 15) is 4.79 Å². The highest BCUT2D eigenvalue weighted by Gasteiger charge is 2.23. The number of fused-ring (bicyclic) bond motifs is 1. The van der Waals surface area contributed by atoms with Crippen LogP contribution in [-0.2, 0) is 17.6 Å². The largest absolute Gasteiger partial charge is 0.426 e. The fraction of sp³-hybridized carbons (Fsp3) is 0.562. The Morgan fingerprint density at radius 3 is 2.63 bits per heavy atom. The Balaban J connectivity index is 1.67. The summed E-state index contributed by atoms with van der Waals surface area (Å²) in [7, 11) is 0. The lowest BCUT2D eigenvalue weighted by Gasteiger charge is -2.21. The molecule has 0 radical (unpaired) electrons. The molecule has 3 rings (SSSR count). The Bertz CT molecular complexity index is 464. The lowest BCUT2D eigenvalue weighted by atomic mass is 9.92. The number of esters is 1. The Morgan fingerprint density at radius 2 is 1.84 bits per heavy atom. The molecule has 3 nitrogen and oxygen atoms in total. The molecule has 0 spiro atoms. The van der Waals surface area contributed by atoms with E-state index < -0.39 is 0 Å². The predicted octanol–water partition coefficient (Wildman–Crippen LogP) is 2.47. The highest BCUT2D eigenvalue weighted by molar-refractivity contribution is 5.75. The van der Waals surface area contributed by atoms with Crippen LogP contribution in [-0.4, -0.2) is 19.1 Å². The van der Waals surface area contributed by atoms with Gasteiger partial charge < -0.3 is 10.1 Å². The van der Waals surface area contributed by atoms with E-state index in [1.54, 1.807) is 0 Å². The lowest BCUT2D eigenvalue weighted by molar-refractivity contribution is -0.139. The minimum absolute atomic E-state index is 0.0581. The topological polar surface area (TPSA) is 38.3 Å². The second-order valence-corrected chi connectivity index (χ2v) is 5.58. The number of hydrogen-bond acceptors (Lipinski definition) is 3. The molecule has 1 aliphatic carbocycles. The summed E-state index contributed by atoms with van der Waals surface area (Å²) in [6.45, 7) is 1.84. The zero-order chi connectivity index (χ0) is 13.1. The SMILES string of the molecule is O=C(Oc1ccc2c(c1)CCCC2)C1CCNCC1. The van der Waals surface area contributed by atoms with E-state index in [0.29, 0.717) is 0 Å². The van der Waals surface area contributed by atoms with Gasteiger partial charge in [-0.25, -0.2) is 0 Å². The number of benzene rings is 1. The fourth-order valence-corrected chi connectivity index (χ4v) is 3.03. The number of ether oxygens (including phenoxy) is 1. The zero-order valence-electron chi connectivity index (χ0n) is 11.3. The summed E-state index contributed by atoms with van der Waals surface area (Å²) in [6.07, 6.45) is 6.60. The van der Waals surface area contributed by atoms with Crippen molar-refractivity contribution in [3.8, 4) is 5.75 Å². The van der Waals surface area contributed by atoms with Gasteiger partial charge in [-0.1, -0.05) is 6.07 Å². The monoisotopic (exact) mass is 259 g/mol. The van der Waals surface area contributed by atoms with E-state index >= 15 is 0 Å². The van der Waals surface area contributed by atoms with E-state index in [4.69, 9.17) is 4.74 Å². The molecule has 1 aliphatic heterocycles. The van der Waals surface area contributed by atoms with Gasteiger partial charge in [-0.15, -0.1) is 0 Å². The van der Waals surface area contributed by atoms with Crippen molar-refractivity contribution in [2.45, 2.75) is 38.5 Å². The van der Waals surface area contributed by atoms with Crippen molar-refractivity contribution in [1.82, 2.24) is 5.32 Å². The third kappa shape index (κ3) is 2.98. The quantitative estimate of drug-likeness (QED) is 0.655. The second-order valence-electron chi connectivity index (χ2n) is 5.58. The number of aryl methyl sites for hydroxylation is 2. The lowest BCUT2D eigenvalue weighted by Crippen LogP contribution is -2.33. The maximum Gasteiger partial charge on any atom is 0.314 e. The van der Waals surface area contributed by atoms with Crippen molar-refractivity contribution < 1.29 is 9.53 Å². The van der Waals surface area contributed by atoms with Crippen molar-refractivity contribution in [3.05, 3.63) is 29.3 Å². The van der Waals surface area contributed by atoms with Crippen LogP contribution in [0.3, 0.4) is 0 Å². The molecule has 1 saturated heterocycles. The molecule has 2 aliphatic rings. The van der Waals surface area contributed by atoms with Gasteiger partial charge >= 0.3 is 5.97 Å². The van der Waals surface area contributed by atoms with E-state index in [2.05, 4.69) is 17.4 Å². The molecule has 0 atom stereocenters. The molecule has 0 aromatic heterocycles. The third-order valence-electron chi connectivity index (χ3n) is 4.21. The normalized spacial score (nSPS) is 19.8. The van der Waals surface area contributed by atoms with Crippen molar-refractivity contribution in [3.63, 3.8) is 0 Å². The molecule has 102 valence electrons. The van der Waals surface area contributed by atoms with Crippen LogP contribution in [0.5, 0.6) is 5.75 Å². The standard InChI is InChI=1S/C16H21NO2/c18-16(13-7-9-17-10-8-13)19-15-6-5-12-3-1-2-4-14(12)11-15/h5-6,11,13,17H,1-4,7-10H2. The van der Waals surface area contributed by atoms with Gasteiger partial charge in [0.25, 0.3) is 0 Å². The molecule has 0 bridgehead atoms. The van der Waals surface area contributed by atoms with Crippen molar-refractivity contribution in [1.29, 1.82) is 0 Å². The third-order valence-corrected chi connectivity index (χ3v) is 4.21. The summed E-state index contributed by atoms with van der Waals surface area (Å²) >= 11 is 0. The molecule has 0 unspecified atom stereocenters. The number of nitrogens with one attached hydrogen (secondary N) is 1. The number of carbonyl (C=O) groups excluding carboxylic acids is 1. The van der Waals surface area contributed by atoms with E-state index in [0.717, 1.165) is 44.5 Å². The first-order valence-electron chi connectivity index (χ1n) is 7.37. The summed E-state index contributed by atoms with van der Waals surface area (Å²) in [5, 5.41) is 3.27. The van der Waals surface area contributed by atoms with Crippen LogP contribution in [0.2, 0.25) is 0 Å². The Hall–Kier alpha value is -1.35. The number of hydrogen-bond donors (Lipinski definition) is 1. The van der Waals surface area contributed by atoms with Crippen LogP contribution in [0.15, 0.2) is 18.2 Å². The highest BCUT2D eigenvalue weighted by atomic mass is 16.5. The fourth-order valence-electron chi connectivity index (χ4n) is 3.03. The van der Waals surface area contributed by atoms with Gasteiger partial charge in [0.2, 0.25) is 0 Å². The van der Waals surface area contributed by atoms with Gasteiger partial charge in [0.1, 0.15) is 5.75 Å². The summed E-state index contributed by atoms with van der Waals surface area (Å²) in [6, 6.07) is 6.14. The molecule has 0 saturated carbocycles. The van der Waals surface area contributed by atoms with Gasteiger partial charge in [0, 0.05) is 0 Å². The Labute approximate surface area is 114 Å². The van der Waals surface area contributed by atoms with E-state index in [1.807, 2.05) is 6.07 Å². The average Bonchev–Trinajstić information content (AvgIpc) is 2.48. The molecule has 1 N–H and O–H groups in total. The highest BCUT2D eigenvalue weighted by Crippen LogP contribution is 2.26. The minimum Gasteiger partial charge on any atom is -0.426 e. The summed E-state index contributed by atoms with van der Waals surface area (Å²) in [5.74, 6) is 0.735. The summed E-state index contributed by atoms with van der Waals surface area (Å²) in [4.78, 5) is 12.1. The summed E-state index contributed by atoms with van der Waals surface area (Å²) in [5.41, 5.74) is 2.79. The predicted molar refractivity (Wildman–Crippen MR) is 74.3 cm³/mol. The molecular weight excluding hydrogens is 238 g/mol. The molecule has 1 fully saturated rings.